The van der Waals surface area contributed by atoms with E-state index < -0.39 is 0 Å². The highest BCUT2D eigenvalue weighted by atomic mass is 16.4. The Kier molecular flexibility index (Phi) is 4.87. The molecule has 4 rings (SSSR count). The minimum Gasteiger partial charge on any atom is -0.444 e. The van der Waals surface area contributed by atoms with Gasteiger partial charge in [0, 0.05) is 13.1 Å². The van der Waals surface area contributed by atoms with Gasteiger partial charge in [0.25, 0.3) is 0 Å². The summed E-state index contributed by atoms with van der Waals surface area (Å²) in [4.78, 5) is 13.9. The van der Waals surface area contributed by atoms with Crippen molar-refractivity contribution in [2.24, 2.45) is 5.92 Å². The van der Waals surface area contributed by atoms with Crippen LogP contribution in [0.2, 0.25) is 0 Å². The molecule has 1 aliphatic heterocycles. The molecule has 0 bridgehead atoms. The highest BCUT2D eigenvalue weighted by molar-refractivity contribution is 5.72. The van der Waals surface area contributed by atoms with Crippen molar-refractivity contribution in [3.05, 3.63) is 59.0 Å². The number of aromatic nitrogens is 2. The molecule has 0 saturated heterocycles. The fraction of sp³-hybridized carbons (Fsp3) is 0.455. The summed E-state index contributed by atoms with van der Waals surface area (Å²) in [5.41, 5.74) is 4.31. The molecule has 6 nitrogen and oxygen atoms in total. The van der Waals surface area contributed by atoms with E-state index in [2.05, 4.69) is 51.0 Å². The third kappa shape index (κ3) is 3.63. The fourth-order valence-electron chi connectivity index (χ4n) is 3.85. The Bertz CT molecular complexity index is 859. The number of rotatable bonds is 4. The van der Waals surface area contributed by atoms with Gasteiger partial charge in [-0.2, -0.15) is 0 Å². The van der Waals surface area contributed by atoms with Crippen LogP contribution in [-0.2, 0) is 13.1 Å². The molecule has 3 aromatic rings. The molecule has 3 heterocycles. The van der Waals surface area contributed by atoms with E-state index >= 15 is 0 Å². The molecule has 0 amide bonds. The van der Waals surface area contributed by atoms with E-state index in [0.717, 1.165) is 47.8 Å². The van der Waals surface area contributed by atoms with Gasteiger partial charge >= 0.3 is 0 Å². The Morgan fingerprint density at radius 2 is 1.25 bits per heavy atom. The van der Waals surface area contributed by atoms with E-state index in [1.165, 1.54) is 11.4 Å². The van der Waals surface area contributed by atoms with Gasteiger partial charge in [0.2, 0.25) is 11.8 Å². The van der Waals surface area contributed by atoms with Gasteiger partial charge in [-0.25, -0.2) is 9.97 Å². The SMILES string of the molecule is Cc1nc(CN2CC(C)CN(Cc3nc(C)c(C)o3)c3ccccc32)oc1C. The standard InChI is InChI=1S/C22H28N4O2/c1-14-10-25(12-21-23-15(2)17(4)27-21)19-8-6-7-9-20(19)26(11-14)13-22-24-16(3)18(5)28-22/h6-9,14H,10-13H2,1-5H3. The topological polar surface area (TPSA) is 58.5 Å². The molecule has 148 valence electrons. The largest absolute Gasteiger partial charge is 0.444 e. The van der Waals surface area contributed by atoms with Crippen LogP contribution >= 0.6 is 0 Å². The predicted octanol–water partition coefficient (Wildman–Crippen LogP) is 4.56. The van der Waals surface area contributed by atoms with Crippen LogP contribution in [0.5, 0.6) is 0 Å². The molecule has 0 aliphatic carbocycles. The fourth-order valence-corrected chi connectivity index (χ4v) is 3.85. The zero-order chi connectivity index (χ0) is 19.8. The third-order valence-electron chi connectivity index (χ3n) is 5.43. The molecule has 2 aromatic heterocycles. The van der Waals surface area contributed by atoms with Crippen molar-refractivity contribution >= 4 is 11.4 Å². The maximum absolute atomic E-state index is 5.86. The predicted molar refractivity (Wildman–Crippen MR) is 110 cm³/mol. The number of anilines is 2. The molecule has 0 N–H and O–H groups in total. The molecule has 0 spiro atoms. The van der Waals surface area contributed by atoms with Gasteiger partial charge in [0.1, 0.15) is 11.5 Å². The van der Waals surface area contributed by atoms with Crippen molar-refractivity contribution in [2.75, 3.05) is 22.9 Å². The Labute approximate surface area is 166 Å². The summed E-state index contributed by atoms with van der Waals surface area (Å²) >= 11 is 0. The number of hydrogen-bond acceptors (Lipinski definition) is 6. The van der Waals surface area contributed by atoms with Crippen LogP contribution in [0.3, 0.4) is 0 Å². The number of oxazole rings is 2. The molecular formula is C22H28N4O2. The molecule has 0 unspecified atom stereocenters. The van der Waals surface area contributed by atoms with Crippen molar-refractivity contribution < 1.29 is 8.83 Å². The summed E-state index contributed by atoms with van der Waals surface area (Å²) in [5, 5.41) is 0. The molecule has 0 fully saturated rings. The zero-order valence-electron chi connectivity index (χ0n) is 17.3. The van der Waals surface area contributed by atoms with Crippen LogP contribution in [0.25, 0.3) is 0 Å². The van der Waals surface area contributed by atoms with Crippen LogP contribution in [-0.4, -0.2) is 23.1 Å². The van der Waals surface area contributed by atoms with E-state index in [1.54, 1.807) is 0 Å². The highest BCUT2D eigenvalue weighted by Crippen LogP contribution is 2.35. The first-order valence-corrected chi connectivity index (χ1v) is 9.85. The minimum atomic E-state index is 0.474. The van der Waals surface area contributed by atoms with Gasteiger partial charge in [-0.1, -0.05) is 19.1 Å². The summed E-state index contributed by atoms with van der Waals surface area (Å²) in [6, 6.07) is 8.53. The Morgan fingerprint density at radius 1 is 0.821 bits per heavy atom. The van der Waals surface area contributed by atoms with E-state index in [0.29, 0.717) is 19.0 Å². The zero-order valence-corrected chi connectivity index (χ0v) is 17.3. The van der Waals surface area contributed by atoms with Crippen molar-refractivity contribution in [3.8, 4) is 0 Å². The van der Waals surface area contributed by atoms with Crippen LogP contribution in [0.1, 0.15) is 41.6 Å². The van der Waals surface area contributed by atoms with Crippen LogP contribution < -0.4 is 9.80 Å². The highest BCUT2D eigenvalue weighted by Gasteiger charge is 2.26. The monoisotopic (exact) mass is 380 g/mol. The number of hydrogen-bond donors (Lipinski definition) is 0. The third-order valence-corrected chi connectivity index (χ3v) is 5.43. The quantitative estimate of drug-likeness (QED) is 0.661. The molecule has 0 saturated carbocycles. The summed E-state index contributed by atoms with van der Waals surface area (Å²) in [7, 11) is 0. The lowest BCUT2D eigenvalue weighted by atomic mass is 10.1. The second kappa shape index (κ2) is 7.34. The molecule has 6 heteroatoms. The Hall–Kier alpha value is -2.76. The summed E-state index contributed by atoms with van der Waals surface area (Å²) in [6.45, 7) is 13.4. The van der Waals surface area contributed by atoms with Gasteiger partial charge in [-0.05, 0) is 45.7 Å². The second-order valence-electron chi connectivity index (χ2n) is 7.85. The minimum absolute atomic E-state index is 0.474. The van der Waals surface area contributed by atoms with Gasteiger partial charge in [0.05, 0.1) is 35.9 Å². The number of fused-ring (bicyclic) bond motifs is 1. The Morgan fingerprint density at radius 3 is 1.61 bits per heavy atom. The Balaban J connectivity index is 1.65. The molecular weight excluding hydrogens is 352 g/mol. The van der Waals surface area contributed by atoms with Crippen LogP contribution in [0, 0.1) is 33.6 Å². The lowest BCUT2D eigenvalue weighted by molar-refractivity contribution is 0.448. The first kappa shape index (κ1) is 18.6. The van der Waals surface area contributed by atoms with Crippen LogP contribution in [0.15, 0.2) is 33.1 Å². The maximum atomic E-state index is 5.86. The van der Waals surface area contributed by atoms with Crippen molar-refractivity contribution in [2.45, 2.75) is 47.7 Å². The second-order valence-corrected chi connectivity index (χ2v) is 7.85. The molecule has 0 radical (unpaired) electrons. The van der Waals surface area contributed by atoms with Crippen molar-refractivity contribution in [1.29, 1.82) is 0 Å². The summed E-state index contributed by atoms with van der Waals surface area (Å²) < 4.78 is 11.7. The van der Waals surface area contributed by atoms with E-state index in [9.17, 15) is 0 Å². The van der Waals surface area contributed by atoms with Crippen LogP contribution in [0.4, 0.5) is 11.4 Å². The number of benzene rings is 1. The van der Waals surface area contributed by atoms with E-state index in [1.807, 2.05) is 27.7 Å². The lowest BCUT2D eigenvalue weighted by Gasteiger charge is -2.26. The van der Waals surface area contributed by atoms with Gasteiger partial charge < -0.3 is 18.6 Å². The molecule has 28 heavy (non-hydrogen) atoms. The molecule has 0 atom stereocenters. The first-order chi connectivity index (χ1) is 13.4. The average molecular weight is 380 g/mol. The van der Waals surface area contributed by atoms with E-state index in [-0.39, 0.29) is 0 Å². The van der Waals surface area contributed by atoms with Crippen molar-refractivity contribution in [1.82, 2.24) is 9.97 Å². The number of aryl methyl sites for hydroxylation is 4. The first-order valence-electron chi connectivity index (χ1n) is 9.85. The summed E-state index contributed by atoms with van der Waals surface area (Å²) in [6.07, 6.45) is 0. The maximum Gasteiger partial charge on any atom is 0.214 e. The normalized spacial score (nSPS) is 15.0. The lowest BCUT2D eigenvalue weighted by Crippen LogP contribution is -2.30. The molecule has 1 aromatic carbocycles. The van der Waals surface area contributed by atoms with Gasteiger partial charge in [-0.15, -0.1) is 0 Å². The number of para-hydroxylation sites is 2. The smallest absolute Gasteiger partial charge is 0.214 e. The van der Waals surface area contributed by atoms with Gasteiger partial charge in [-0.3, -0.25) is 0 Å². The number of nitrogens with zero attached hydrogens (tertiary/aromatic N) is 4. The van der Waals surface area contributed by atoms with Crippen molar-refractivity contribution in [3.63, 3.8) is 0 Å². The average Bonchev–Trinajstić information content (AvgIpc) is 3.09. The summed E-state index contributed by atoms with van der Waals surface area (Å²) in [5.74, 6) is 3.79. The van der Waals surface area contributed by atoms with Gasteiger partial charge in [0.15, 0.2) is 0 Å². The van der Waals surface area contributed by atoms with E-state index in [4.69, 9.17) is 8.83 Å². The molecule has 1 aliphatic rings.